The largest absolute Gasteiger partial charge is 0.384 e. The molecule has 1 saturated heterocycles. The van der Waals surface area contributed by atoms with Gasteiger partial charge in [0.2, 0.25) is 10.0 Å². The Balaban J connectivity index is 2.06. The fourth-order valence-corrected chi connectivity index (χ4v) is 5.72. The van der Waals surface area contributed by atoms with Gasteiger partial charge >= 0.3 is 0 Å². The quantitative estimate of drug-likeness (QED) is 0.717. The van der Waals surface area contributed by atoms with Crippen molar-refractivity contribution in [2.75, 3.05) is 40.5 Å². The second-order valence-corrected chi connectivity index (χ2v) is 8.40. The van der Waals surface area contributed by atoms with Crippen molar-refractivity contribution in [3.8, 4) is 0 Å². The van der Waals surface area contributed by atoms with Crippen LogP contribution in [-0.4, -0.2) is 58.0 Å². The molecular weight excluding hydrogens is 254 g/mol. The third-order valence-corrected chi connectivity index (χ3v) is 6.89. The molecule has 0 unspecified atom stereocenters. The molecule has 2 atom stereocenters. The van der Waals surface area contributed by atoms with Crippen LogP contribution in [0.2, 0.25) is 0 Å². The van der Waals surface area contributed by atoms with E-state index in [4.69, 9.17) is 9.47 Å². The van der Waals surface area contributed by atoms with E-state index in [1.807, 2.05) is 6.92 Å². The SMILES string of the molecule is COCC1(C)CN(S(=O)(=O)[C@@]2(COC)C[C@@H]2C)C1. The lowest BCUT2D eigenvalue weighted by molar-refractivity contribution is 0.00244. The van der Waals surface area contributed by atoms with Crippen molar-refractivity contribution >= 4 is 10.0 Å². The first kappa shape index (κ1) is 14.2. The third kappa shape index (κ3) is 1.99. The number of sulfonamides is 1. The Hall–Kier alpha value is -0.170. The summed E-state index contributed by atoms with van der Waals surface area (Å²) in [7, 11) is -0.0251. The van der Waals surface area contributed by atoms with Crippen LogP contribution in [0.25, 0.3) is 0 Å². The van der Waals surface area contributed by atoms with Crippen LogP contribution >= 0.6 is 0 Å². The van der Waals surface area contributed by atoms with Gasteiger partial charge in [-0.05, 0) is 12.3 Å². The lowest BCUT2D eigenvalue weighted by atomic mass is 9.85. The van der Waals surface area contributed by atoms with Crippen molar-refractivity contribution < 1.29 is 17.9 Å². The Kier molecular flexibility index (Phi) is 3.51. The predicted octanol–water partition coefficient (Wildman–Crippen LogP) is 0.710. The van der Waals surface area contributed by atoms with Crippen LogP contribution in [0.4, 0.5) is 0 Å². The third-order valence-electron chi connectivity index (χ3n) is 4.24. The minimum absolute atomic E-state index is 0.0335. The van der Waals surface area contributed by atoms with Crippen LogP contribution in [-0.2, 0) is 19.5 Å². The molecule has 2 aliphatic rings. The van der Waals surface area contributed by atoms with Crippen molar-refractivity contribution in [2.45, 2.75) is 25.0 Å². The molecular formula is C12H23NO4S. The van der Waals surface area contributed by atoms with Gasteiger partial charge in [0.05, 0.1) is 13.2 Å². The van der Waals surface area contributed by atoms with Gasteiger partial charge in [0.1, 0.15) is 4.75 Å². The molecule has 0 aromatic rings. The molecule has 2 rings (SSSR count). The normalized spacial score (nSPS) is 35.2. The molecule has 1 aliphatic heterocycles. The molecule has 0 N–H and O–H groups in total. The first-order chi connectivity index (χ1) is 8.31. The highest BCUT2D eigenvalue weighted by atomic mass is 32.2. The Morgan fingerprint density at radius 1 is 1.22 bits per heavy atom. The number of rotatable bonds is 6. The Morgan fingerprint density at radius 2 is 1.72 bits per heavy atom. The second-order valence-electron chi connectivity index (χ2n) is 6.12. The zero-order valence-corrected chi connectivity index (χ0v) is 12.4. The number of methoxy groups -OCH3 is 2. The maximum absolute atomic E-state index is 12.6. The molecule has 0 aromatic heterocycles. The molecule has 5 nitrogen and oxygen atoms in total. The van der Waals surface area contributed by atoms with Gasteiger partial charge in [-0.25, -0.2) is 8.42 Å². The highest BCUT2D eigenvalue weighted by Gasteiger charge is 2.65. The van der Waals surface area contributed by atoms with Crippen molar-refractivity contribution in [1.82, 2.24) is 4.31 Å². The Labute approximate surface area is 109 Å². The molecule has 18 heavy (non-hydrogen) atoms. The zero-order valence-electron chi connectivity index (χ0n) is 11.6. The van der Waals surface area contributed by atoms with Gasteiger partial charge in [-0.2, -0.15) is 4.31 Å². The number of hydrogen-bond acceptors (Lipinski definition) is 4. The minimum atomic E-state index is -3.24. The highest BCUT2D eigenvalue weighted by molar-refractivity contribution is 7.91. The van der Waals surface area contributed by atoms with Gasteiger partial charge in [0.25, 0.3) is 0 Å². The number of ether oxygens (including phenoxy) is 2. The molecule has 1 aliphatic carbocycles. The summed E-state index contributed by atoms with van der Waals surface area (Å²) in [6.07, 6.45) is 0.709. The molecule has 0 bridgehead atoms. The van der Waals surface area contributed by atoms with Crippen LogP contribution in [0, 0.1) is 11.3 Å². The predicted molar refractivity (Wildman–Crippen MR) is 68.9 cm³/mol. The van der Waals surface area contributed by atoms with Crippen LogP contribution in [0.15, 0.2) is 0 Å². The molecule has 1 saturated carbocycles. The minimum Gasteiger partial charge on any atom is -0.384 e. The van der Waals surface area contributed by atoms with E-state index in [1.54, 1.807) is 18.5 Å². The summed E-state index contributed by atoms with van der Waals surface area (Å²) in [6.45, 7) is 6.05. The molecule has 0 radical (unpaired) electrons. The summed E-state index contributed by atoms with van der Waals surface area (Å²) in [4.78, 5) is 0. The van der Waals surface area contributed by atoms with Crippen LogP contribution in [0.5, 0.6) is 0 Å². The van der Waals surface area contributed by atoms with E-state index in [0.29, 0.717) is 32.7 Å². The molecule has 0 aromatic carbocycles. The van der Waals surface area contributed by atoms with Gasteiger partial charge in [-0.1, -0.05) is 13.8 Å². The van der Waals surface area contributed by atoms with E-state index in [0.717, 1.165) is 0 Å². The van der Waals surface area contributed by atoms with E-state index in [2.05, 4.69) is 6.92 Å². The van der Waals surface area contributed by atoms with Crippen molar-refractivity contribution in [3.63, 3.8) is 0 Å². The van der Waals surface area contributed by atoms with Crippen molar-refractivity contribution in [1.29, 1.82) is 0 Å². The summed E-state index contributed by atoms with van der Waals surface area (Å²) in [6, 6.07) is 0. The number of nitrogens with zero attached hydrogens (tertiary/aromatic N) is 1. The summed E-state index contributed by atoms with van der Waals surface area (Å²) in [5, 5.41) is 0. The Bertz CT molecular complexity index is 416. The summed E-state index contributed by atoms with van der Waals surface area (Å²) >= 11 is 0. The number of hydrogen-bond donors (Lipinski definition) is 0. The average Bonchev–Trinajstić information content (AvgIpc) is 2.88. The molecule has 1 heterocycles. The van der Waals surface area contributed by atoms with E-state index in [9.17, 15) is 8.42 Å². The molecule has 2 fully saturated rings. The van der Waals surface area contributed by atoms with E-state index in [-0.39, 0.29) is 11.3 Å². The van der Waals surface area contributed by atoms with Crippen LogP contribution in [0.1, 0.15) is 20.3 Å². The monoisotopic (exact) mass is 277 g/mol. The molecule has 0 amide bonds. The highest BCUT2D eigenvalue weighted by Crippen LogP contribution is 2.53. The van der Waals surface area contributed by atoms with Gasteiger partial charge in [0, 0.05) is 32.7 Å². The van der Waals surface area contributed by atoms with Crippen LogP contribution in [0.3, 0.4) is 0 Å². The molecule has 0 spiro atoms. The zero-order chi connectivity index (χ0) is 13.6. The van der Waals surface area contributed by atoms with Crippen LogP contribution < -0.4 is 0 Å². The summed E-state index contributed by atoms with van der Waals surface area (Å²) in [5.74, 6) is 0.191. The Morgan fingerprint density at radius 3 is 2.11 bits per heavy atom. The maximum atomic E-state index is 12.6. The summed E-state index contributed by atoms with van der Waals surface area (Å²) < 4.78 is 36.4. The fourth-order valence-electron chi connectivity index (χ4n) is 3.01. The van der Waals surface area contributed by atoms with Gasteiger partial charge in [-0.3, -0.25) is 0 Å². The fraction of sp³-hybridized carbons (Fsp3) is 1.00. The lowest BCUT2D eigenvalue weighted by Gasteiger charge is -2.47. The van der Waals surface area contributed by atoms with Gasteiger partial charge in [-0.15, -0.1) is 0 Å². The second kappa shape index (κ2) is 4.44. The molecule has 6 heteroatoms. The average molecular weight is 277 g/mol. The standard InChI is InChI=1S/C12H23NO4S/c1-10-5-12(10,9-17-4)18(14,15)13-6-11(2,7-13)8-16-3/h10H,5-9H2,1-4H3/t10-,12+/m0/s1. The van der Waals surface area contributed by atoms with E-state index < -0.39 is 14.8 Å². The molecule has 106 valence electrons. The summed E-state index contributed by atoms with van der Waals surface area (Å²) in [5.41, 5.74) is -0.0335. The van der Waals surface area contributed by atoms with E-state index >= 15 is 0 Å². The topological polar surface area (TPSA) is 55.8 Å². The van der Waals surface area contributed by atoms with E-state index in [1.165, 1.54) is 0 Å². The van der Waals surface area contributed by atoms with Crippen molar-refractivity contribution in [2.24, 2.45) is 11.3 Å². The maximum Gasteiger partial charge on any atom is 0.222 e. The first-order valence-electron chi connectivity index (χ1n) is 6.29. The lowest BCUT2D eigenvalue weighted by Crippen LogP contribution is -2.61. The van der Waals surface area contributed by atoms with Gasteiger partial charge < -0.3 is 9.47 Å². The first-order valence-corrected chi connectivity index (χ1v) is 7.73. The smallest absolute Gasteiger partial charge is 0.222 e. The van der Waals surface area contributed by atoms with Crippen molar-refractivity contribution in [3.05, 3.63) is 0 Å². The van der Waals surface area contributed by atoms with Gasteiger partial charge in [0.15, 0.2) is 0 Å².